The molecular weight excluding hydrogens is 438 g/mol. The van der Waals surface area contributed by atoms with Gasteiger partial charge in [0, 0.05) is 19.7 Å². The molecule has 0 aromatic heterocycles. The quantitative estimate of drug-likeness (QED) is 0.413. The number of ketones is 1. The molecular formula is C22H24BrNO5. The Kier molecular flexibility index (Phi) is 8.27. The fourth-order valence-corrected chi connectivity index (χ4v) is 2.95. The molecule has 0 saturated heterocycles. The van der Waals surface area contributed by atoms with E-state index in [0.717, 1.165) is 5.56 Å². The largest absolute Gasteiger partial charge is 0.497 e. The van der Waals surface area contributed by atoms with Gasteiger partial charge in [-0.25, -0.2) is 0 Å². The standard InChI is InChI=1S/C22H24BrNO5/c1-5-28-20-13-15(12-18(23)22(20)29-14-21(26)24(2)3)6-11-19(25)16-7-9-17(27-4)10-8-16/h6-13H,5,14H2,1-4H3/b11-6+. The van der Waals surface area contributed by atoms with Crippen molar-refractivity contribution in [3.63, 3.8) is 0 Å². The molecule has 6 nitrogen and oxygen atoms in total. The lowest BCUT2D eigenvalue weighted by Gasteiger charge is -2.16. The molecule has 2 aromatic carbocycles. The molecule has 0 aliphatic carbocycles. The topological polar surface area (TPSA) is 65.1 Å². The average molecular weight is 462 g/mol. The van der Waals surface area contributed by atoms with Gasteiger partial charge in [0.2, 0.25) is 0 Å². The third-order valence-electron chi connectivity index (χ3n) is 3.97. The van der Waals surface area contributed by atoms with Gasteiger partial charge in [-0.15, -0.1) is 0 Å². The van der Waals surface area contributed by atoms with E-state index >= 15 is 0 Å². The van der Waals surface area contributed by atoms with Crippen LogP contribution >= 0.6 is 15.9 Å². The molecule has 0 bridgehead atoms. The van der Waals surface area contributed by atoms with Gasteiger partial charge in [0.25, 0.3) is 5.91 Å². The number of nitrogens with zero attached hydrogens (tertiary/aromatic N) is 1. The zero-order chi connectivity index (χ0) is 21.4. The molecule has 2 rings (SSSR count). The van der Waals surface area contributed by atoms with Crippen LogP contribution in [0.25, 0.3) is 6.08 Å². The van der Waals surface area contributed by atoms with Gasteiger partial charge in [-0.1, -0.05) is 6.08 Å². The number of benzene rings is 2. The molecule has 0 atom stereocenters. The molecule has 0 spiro atoms. The highest BCUT2D eigenvalue weighted by Crippen LogP contribution is 2.37. The van der Waals surface area contributed by atoms with Gasteiger partial charge in [-0.3, -0.25) is 9.59 Å². The van der Waals surface area contributed by atoms with Crippen molar-refractivity contribution in [2.24, 2.45) is 0 Å². The third kappa shape index (κ3) is 6.35. The zero-order valence-electron chi connectivity index (χ0n) is 16.9. The van der Waals surface area contributed by atoms with E-state index < -0.39 is 0 Å². The van der Waals surface area contributed by atoms with Crippen molar-refractivity contribution in [3.8, 4) is 17.2 Å². The van der Waals surface area contributed by atoms with Crippen LogP contribution in [0.4, 0.5) is 0 Å². The first-order valence-corrected chi connectivity index (χ1v) is 9.80. The molecule has 154 valence electrons. The molecule has 0 aliphatic heterocycles. The lowest BCUT2D eigenvalue weighted by molar-refractivity contribution is -0.130. The summed E-state index contributed by atoms with van der Waals surface area (Å²) in [5, 5.41) is 0. The zero-order valence-corrected chi connectivity index (χ0v) is 18.5. The highest BCUT2D eigenvalue weighted by Gasteiger charge is 2.14. The Labute approximate surface area is 179 Å². The molecule has 1 amide bonds. The van der Waals surface area contributed by atoms with Crippen LogP contribution in [0.3, 0.4) is 0 Å². The lowest BCUT2D eigenvalue weighted by atomic mass is 10.1. The van der Waals surface area contributed by atoms with Gasteiger partial charge in [0.15, 0.2) is 23.9 Å². The number of rotatable bonds is 9. The van der Waals surface area contributed by atoms with Crippen molar-refractivity contribution >= 4 is 33.7 Å². The van der Waals surface area contributed by atoms with Crippen molar-refractivity contribution in [2.45, 2.75) is 6.92 Å². The molecule has 0 aliphatic rings. The molecule has 0 fully saturated rings. The van der Waals surface area contributed by atoms with E-state index in [-0.39, 0.29) is 18.3 Å². The minimum absolute atomic E-state index is 0.100. The van der Waals surface area contributed by atoms with Crippen LogP contribution in [-0.2, 0) is 4.79 Å². The van der Waals surface area contributed by atoms with Crippen LogP contribution in [0.5, 0.6) is 17.2 Å². The van der Waals surface area contributed by atoms with Gasteiger partial charge in [-0.05, 0) is 70.9 Å². The molecule has 0 radical (unpaired) electrons. The Hall–Kier alpha value is -2.80. The molecule has 0 heterocycles. The predicted molar refractivity (Wildman–Crippen MR) is 116 cm³/mol. The SMILES string of the molecule is CCOc1cc(/C=C/C(=O)c2ccc(OC)cc2)cc(Br)c1OCC(=O)N(C)C. The van der Waals surface area contributed by atoms with Crippen LogP contribution in [0.15, 0.2) is 46.9 Å². The van der Waals surface area contributed by atoms with Gasteiger partial charge >= 0.3 is 0 Å². The first-order valence-electron chi connectivity index (χ1n) is 9.01. The molecule has 2 aromatic rings. The van der Waals surface area contributed by atoms with Crippen LogP contribution in [0.1, 0.15) is 22.8 Å². The second-order valence-corrected chi connectivity index (χ2v) is 7.12. The minimum Gasteiger partial charge on any atom is -0.497 e. The number of likely N-dealkylation sites (N-methyl/N-ethyl adjacent to an activating group) is 1. The number of amides is 1. The maximum absolute atomic E-state index is 12.4. The van der Waals surface area contributed by atoms with E-state index in [9.17, 15) is 9.59 Å². The number of carbonyl (C=O) groups excluding carboxylic acids is 2. The molecule has 0 unspecified atom stereocenters. The first-order chi connectivity index (χ1) is 13.8. The van der Waals surface area contributed by atoms with Crippen molar-refractivity contribution in [3.05, 3.63) is 58.1 Å². The van der Waals surface area contributed by atoms with Crippen LogP contribution < -0.4 is 14.2 Å². The Morgan fingerprint density at radius 1 is 1.10 bits per heavy atom. The summed E-state index contributed by atoms with van der Waals surface area (Å²) in [5.74, 6) is 1.34. The van der Waals surface area contributed by atoms with Crippen LogP contribution in [-0.4, -0.2) is 51.0 Å². The highest BCUT2D eigenvalue weighted by atomic mass is 79.9. The van der Waals surface area contributed by atoms with Crippen molar-refractivity contribution in [1.29, 1.82) is 0 Å². The van der Waals surface area contributed by atoms with Crippen LogP contribution in [0.2, 0.25) is 0 Å². The maximum atomic E-state index is 12.4. The Balaban J connectivity index is 2.20. The van der Waals surface area contributed by atoms with E-state index in [1.807, 2.05) is 6.92 Å². The van der Waals surface area contributed by atoms with Gasteiger partial charge in [0.05, 0.1) is 18.2 Å². The molecule has 0 N–H and O–H groups in total. The van der Waals surface area contributed by atoms with E-state index in [0.29, 0.717) is 33.9 Å². The Morgan fingerprint density at radius 3 is 2.38 bits per heavy atom. The molecule has 29 heavy (non-hydrogen) atoms. The predicted octanol–water partition coefficient (Wildman–Crippen LogP) is 4.22. The fourth-order valence-electron chi connectivity index (χ4n) is 2.37. The number of methoxy groups -OCH3 is 1. The lowest BCUT2D eigenvalue weighted by Crippen LogP contribution is -2.27. The maximum Gasteiger partial charge on any atom is 0.259 e. The summed E-state index contributed by atoms with van der Waals surface area (Å²) in [4.78, 5) is 25.6. The van der Waals surface area contributed by atoms with Gasteiger partial charge in [0.1, 0.15) is 5.75 Å². The molecule has 0 saturated carbocycles. The summed E-state index contributed by atoms with van der Waals surface area (Å²) in [6, 6.07) is 10.5. The van der Waals surface area contributed by atoms with E-state index in [4.69, 9.17) is 14.2 Å². The third-order valence-corrected chi connectivity index (χ3v) is 4.56. The Bertz CT molecular complexity index is 891. The fraction of sp³-hybridized carbons (Fsp3) is 0.273. The minimum atomic E-state index is -0.159. The number of ether oxygens (including phenoxy) is 3. The number of carbonyl (C=O) groups is 2. The monoisotopic (exact) mass is 461 g/mol. The highest BCUT2D eigenvalue weighted by molar-refractivity contribution is 9.10. The number of halogens is 1. The summed E-state index contributed by atoms with van der Waals surface area (Å²) >= 11 is 3.46. The van der Waals surface area contributed by atoms with E-state index in [2.05, 4.69) is 15.9 Å². The normalized spacial score (nSPS) is 10.7. The second kappa shape index (κ2) is 10.7. The summed E-state index contributed by atoms with van der Waals surface area (Å²) in [6.45, 7) is 2.19. The summed E-state index contributed by atoms with van der Waals surface area (Å²) in [5.41, 5.74) is 1.32. The van der Waals surface area contributed by atoms with Gasteiger partial charge < -0.3 is 19.1 Å². The van der Waals surface area contributed by atoms with Crippen molar-refractivity contribution in [2.75, 3.05) is 34.4 Å². The van der Waals surface area contributed by atoms with Crippen molar-refractivity contribution < 1.29 is 23.8 Å². The van der Waals surface area contributed by atoms with Crippen molar-refractivity contribution in [1.82, 2.24) is 4.90 Å². The molecule has 7 heteroatoms. The number of hydrogen-bond acceptors (Lipinski definition) is 5. The Morgan fingerprint density at radius 2 is 1.79 bits per heavy atom. The average Bonchev–Trinajstić information content (AvgIpc) is 2.71. The van der Waals surface area contributed by atoms with E-state index in [1.54, 1.807) is 63.7 Å². The number of hydrogen-bond donors (Lipinski definition) is 0. The second-order valence-electron chi connectivity index (χ2n) is 6.27. The number of allylic oxidation sites excluding steroid dienone is 1. The smallest absolute Gasteiger partial charge is 0.259 e. The summed E-state index contributed by atoms with van der Waals surface area (Å²) < 4.78 is 17.0. The van der Waals surface area contributed by atoms with Crippen LogP contribution in [0, 0.1) is 0 Å². The summed E-state index contributed by atoms with van der Waals surface area (Å²) in [6.07, 6.45) is 3.20. The van der Waals surface area contributed by atoms with Gasteiger partial charge in [-0.2, -0.15) is 0 Å². The van der Waals surface area contributed by atoms with E-state index in [1.165, 1.54) is 11.0 Å². The first kappa shape index (κ1) is 22.5. The summed E-state index contributed by atoms with van der Waals surface area (Å²) in [7, 11) is 4.91.